The molecule has 0 unspecified atom stereocenters. The van der Waals surface area contributed by atoms with Crippen LogP contribution in [0.4, 0.5) is 9.52 Å². The number of carbonyl (C=O) groups is 1. The molecule has 0 saturated carbocycles. The predicted molar refractivity (Wildman–Crippen MR) is 116 cm³/mol. The zero-order valence-corrected chi connectivity index (χ0v) is 17.7. The largest absolute Gasteiger partial charge is 0.385 e. The number of hydrogen-bond donors (Lipinski definition) is 1. The minimum absolute atomic E-state index is 0.0719. The number of hydrogen-bond acceptors (Lipinski definition) is 6. The Hall–Kier alpha value is -2.84. The van der Waals surface area contributed by atoms with E-state index in [-0.39, 0.29) is 18.3 Å². The van der Waals surface area contributed by atoms with Crippen LogP contribution in [0.2, 0.25) is 0 Å². The molecule has 0 saturated heterocycles. The van der Waals surface area contributed by atoms with Crippen molar-refractivity contribution >= 4 is 22.6 Å². The van der Waals surface area contributed by atoms with E-state index >= 15 is 0 Å². The van der Waals surface area contributed by atoms with E-state index in [1.165, 1.54) is 23.7 Å². The lowest BCUT2D eigenvalue weighted by Gasteiger charge is -2.21. The Bertz CT molecular complexity index is 918. The van der Waals surface area contributed by atoms with E-state index in [4.69, 9.17) is 4.74 Å². The maximum absolute atomic E-state index is 13.1. The minimum Gasteiger partial charge on any atom is -0.385 e. The maximum Gasteiger partial charge on any atom is 0.239 e. The summed E-state index contributed by atoms with van der Waals surface area (Å²) in [4.78, 5) is 19.0. The number of benzene rings is 2. The molecule has 0 bridgehead atoms. The van der Waals surface area contributed by atoms with Crippen LogP contribution in [-0.4, -0.2) is 42.1 Å². The van der Waals surface area contributed by atoms with Gasteiger partial charge in [0.1, 0.15) is 11.6 Å². The van der Waals surface area contributed by atoms with Gasteiger partial charge in [-0.3, -0.25) is 4.79 Å². The second kappa shape index (κ2) is 11.4. The first-order valence-electron chi connectivity index (χ1n) is 9.75. The Morgan fingerprint density at radius 2 is 1.90 bits per heavy atom. The van der Waals surface area contributed by atoms with Crippen molar-refractivity contribution in [3.63, 3.8) is 0 Å². The van der Waals surface area contributed by atoms with Crippen molar-refractivity contribution in [2.75, 3.05) is 31.7 Å². The first kappa shape index (κ1) is 21.9. The van der Waals surface area contributed by atoms with Crippen molar-refractivity contribution in [1.29, 1.82) is 0 Å². The zero-order valence-electron chi connectivity index (χ0n) is 16.9. The zero-order chi connectivity index (χ0) is 21.2. The first-order chi connectivity index (χ1) is 14.6. The quantitative estimate of drug-likeness (QED) is 0.474. The van der Waals surface area contributed by atoms with Gasteiger partial charge in [-0.2, -0.15) is 4.37 Å². The highest BCUT2D eigenvalue weighted by atomic mass is 32.1. The molecule has 3 aromatic rings. The van der Waals surface area contributed by atoms with Gasteiger partial charge in [-0.05, 0) is 29.7 Å². The van der Waals surface area contributed by atoms with Crippen molar-refractivity contribution in [3.8, 4) is 0 Å². The molecule has 6 nitrogen and oxygen atoms in total. The fraction of sp³-hybridized carbons (Fsp3) is 0.318. The molecule has 0 aliphatic heterocycles. The van der Waals surface area contributed by atoms with Gasteiger partial charge in [-0.1, -0.05) is 42.5 Å². The number of nitrogens with one attached hydrogen (secondary N) is 1. The Morgan fingerprint density at radius 1 is 1.13 bits per heavy atom. The number of nitrogens with zero attached hydrogens (tertiary/aromatic N) is 3. The van der Waals surface area contributed by atoms with E-state index < -0.39 is 0 Å². The van der Waals surface area contributed by atoms with E-state index in [9.17, 15) is 9.18 Å². The van der Waals surface area contributed by atoms with Crippen LogP contribution in [0.1, 0.15) is 23.4 Å². The van der Waals surface area contributed by atoms with Crippen LogP contribution in [0, 0.1) is 5.82 Å². The van der Waals surface area contributed by atoms with Crippen molar-refractivity contribution in [3.05, 3.63) is 77.4 Å². The van der Waals surface area contributed by atoms with E-state index in [2.05, 4.69) is 14.7 Å². The van der Waals surface area contributed by atoms with E-state index in [0.29, 0.717) is 37.1 Å². The number of aromatic nitrogens is 2. The van der Waals surface area contributed by atoms with Crippen LogP contribution in [0.5, 0.6) is 0 Å². The molecule has 1 aromatic heterocycles. The molecule has 0 aliphatic carbocycles. The molecule has 0 spiro atoms. The standard InChI is InChI=1S/C22H25FN4O2S/c1-29-13-5-12-24-21(28)16-27(15-18-6-3-2-4-7-18)22-25-20(26-30-22)14-17-8-10-19(23)11-9-17/h2-4,6-11H,5,12-16H2,1H3,(H,24,28). The average molecular weight is 429 g/mol. The molecule has 1 heterocycles. The molecule has 0 aliphatic rings. The average Bonchev–Trinajstić information content (AvgIpc) is 3.22. The van der Waals surface area contributed by atoms with Gasteiger partial charge in [0, 0.05) is 44.8 Å². The van der Waals surface area contributed by atoms with Crippen LogP contribution in [0.3, 0.4) is 0 Å². The molecule has 158 valence electrons. The second-order valence-electron chi connectivity index (χ2n) is 6.83. The summed E-state index contributed by atoms with van der Waals surface area (Å²) in [6.45, 7) is 1.92. The Balaban J connectivity index is 1.68. The third-order valence-corrected chi connectivity index (χ3v) is 5.22. The number of methoxy groups -OCH3 is 1. The highest BCUT2D eigenvalue weighted by Gasteiger charge is 2.17. The third-order valence-electron chi connectivity index (χ3n) is 4.40. The summed E-state index contributed by atoms with van der Waals surface area (Å²) in [7, 11) is 1.64. The molecular weight excluding hydrogens is 403 g/mol. The molecule has 0 atom stereocenters. The van der Waals surface area contributed by atoms with Gasteiger partial charge in [-0.15, -0.1) is 0 Å². The molecule has 1 amide bonds. The summed E-state index contributed by atoms with van der Waals surface area (Å²) in [5.74, 6) is 0.314. The van der Waals surface area contributed by atoms with Crippen LogP contribution >= 0.6 is 11.5 Å². The summed E-state index contributed by atoms with van der Waals surface area (Å²) in [5, 5.41) is 3.60. The summed E-state index contributed by atoms with van der Waals surface area (Å²) >= 11 is 1.26. The Morgan fingerprint density at radius 3 is 2.63 bits per heavy atom. The predicted octanol–water partition coefficient (Wildman–Crippen LogP) is 3.43. The number of halogens is 1. The monoisotopic (exact) mass is 428 g/mol. The molecule has 30 heavy (non-hydrogen) atoms. The summed E-state index contributed by atoms with van der Waals surface area (Å²) in [6.07, 6.45) is 1.28. The lowest BCUT2D eigenvalue weighted by atomic mass is 10.1. The van der Waals surface area contributed by atoms with Crippen molar-refractivity contribution in [1.82, 2.24) is 14.7 Å². The number of carbonyl (C=O) groups excluding carboxylic acids is 1. The van der Waals surface area contributed by atoms with Crippen LogP contribution in [0.25, 0.3) is 0 Å². The van der Waals surface area contributed by atoms with Gasteiger partial charge < -0.3 is 15.0 Å². The lowest BCUT2D eigenvalue weighted by Crippen LogP contribution is -2.37. The fourth-order valence-corrected chi connectivity index (χ4v) is 3.58. The smallest absolute Gasteiger partial charge is 0.239 e. The van der Waals surface area contributed by atoms with Crippen molar-refractivity contribution < 1.29 is 13.9 Å². The summed E-state index contributed by atoms with van der Waals surface area (Å²) < 4.78 is 22.6. The Labute approximate surface area is 179 Å². The number of anilines is 1. The molecule has 1 N–H and O–H groups in total. The van der Waals surface area contributed by atoms with Gasteiger partial charge >= 0.3 is 0 Å². The number of ether oxygens (including phenoxy) is 1. The third kappa shape index (κ3) is 6.89. The summed E-state index contributed by atoms with van der Waals surface area (Å²) in [5.41, 5.74) is 2.02. The van der Waals surface area contributed by atoms with Crippen LogP contribution < -0.4 is 10.2 Å². The van der Waals surface area contributed by atoms with E-state index in [1.54, 1.807) is 19.2 Å². The molecule has 0 fully saturated rings. The number of amides is 1. The number of rotatable bonds is 11. The van der Waals surface area contributed by atoms with Gasteiger partial charge in [0.15, 0.2) is 0 Å². The SMILES string of the molecule is COCCCNC(=O)CN(Cc1ccccc1)c1nc(Cc2ccc(F)cc2)ns1. The fourth-order valence-electron chi connectivity index (χ4n) is 2.90. The topological polar surface area (TPSA) is 67.3 Å². The lowest BCUT2D eigenvalue weighted by molar-refractivity contribution is -0.119. The van der Waals surface area contributed by atoms with E-state index in [1.807, 2.05) is 35.2 Å². The van der Waals surface area contributed by atoms with Crippen LogP contribution in [0.15, 0.2) is 54.6 Å². The Kier molecular flexibility index (Phi) is 8.29. The van der Waals surface area contributed by atoms with Gasteiger partial charge in [-0.25, -0.2) is 9.37 Å². The van der Waals surface area contributed by atoms with Crippen molar-refractivity contribution in [2.45, 2.75) is 19.4 Å². The summed E-state index contributed by atoms with van der Waals surface area (Å²) in [6, 6.07) is 16.2. The second-order valence-corrected chi connectivity index (χ2v) is 7.56. The van der Waals surface area contributed by atoms with Crippen LogP contribution in [-0.2, 0) is 22.5 Å². The highest BCUT2D eigenvalue weighted by Crippen LogP contribution is 2.21. The molecule has 8 heteroatoms. The normalized spacial score (nSPS) is 10.7. The molecule has 2 aromatic carbocycles. The van der Waals surface area contributed by atoms with E-state index in [0.717, 1.165) is 17.5 Å². The van der Waals surface area contributed by atoms with Gasteiger partial charge in [0.05, 0.1) is 6.54 Å². The molecule has 3 rings (SSSR count). The van der Waals surface area contributed by atoms with Crippen molar-refractivity contribution in [2.24, 2.45) is 0 Å². The minimum atomic E-state index is -0.267. The first-order valence-corrected chi connectivity index (χ1v) is 10.5. The van der Waals surface area contributed by atoms with Gasteiger partial charge in [0.25, 0.3) is 0 Å². The highest BCUT2D eigenvalue weighted by molar-refractivity contribution is 7.09. The molecule has 0 radical (unpaired) electrons. The molecular formula is C22H25FN4O2S. The maximum atomic E-state index is 13.1. The van der Waals surface area contributed by atoms with Gasteiger partial charge in [0.2, 0.25) is 11.0 Å².